The van der Waals surface area contributed by atoms with Crippen LogP contribution < -0.4 is 4.90 Å². The van der Waals surface area contributed by atoms with Crippen molar-refractivity contribution in [2.24, 2.45) is 0 Å². The van der Waals surface area contributed by atoms with Gasteiger partial charge in [0.15, 0.2) is 12.4 Å². The number of hydrogen-bond donors (Lipinski definition) is 0. The predicted octanol–water partition coefficient (Wildman–Crippen LogP) is 4.07. The summed E-state index contributed by atoms with van der Waals surface area (Å²) in [6, 6.07) is 16.4. The van der Waals surface area contributed by atoms with E-state index >= 15 is 0 Å². The number of thiophene rings is 1. The molecule has 1 aliphatic heterocycles. The van der Waals surface area contributed by atoms with Gasteiger partial charge in [0.25, 0.3) is 0 Å². The minimum absolute atomic E-state index is 0.0655. The summed E-state index contributed by atoms with van der Waals surface area (Å²) in [4.78, 5) is 38.7. The molecule has 6 heteroatoms. The van der Waals surface area contributed by atoms with Crippen LogP contribution in [0.2, 0.25) is 0 Å². The molecule has 27 heavy (non-hydrogen) atoms. The maximum absolute atomic E-state index is 12.4. The molecule has 5 nitrogen and oxygen atoms in total. The van der Waals surface area contributed by atoms with E-state index in [1.165, 1.54) is 11.3 Å². The highest BCUT2D eigenvalue weighted by atomic mass is 32.1. The number of anilines is 1. The summed E-state index contributed by atoms with van der Waals surface area (Å²) in [5.74, 6) is -0.732. The zero-order chi connectivity index (χ0) is 18.8. The number of esters is 1. The molecule has 0 spiro atoms. The largest absolute Gasteiger partial charge is 0.453 e. The molecule has 0 radical (unpaired) electrons. The third-order valence-corrected chi connectivity index (χ3v) is 5.61. The maximum Gasteiger partial charge on any atom is 0.348 e. The summed E-state index contributed by atoms with van der Waals surface area (Å²) in [6.07, 6.45) is 1.36. The molecular formula is C21H17NO4S. The first-order valence-electron chi connectivity index (χ1n) is 8.71. The maximum atomic E-state index is 12.4. The normalized spacial score (nSPS) is 13.9. The van der Waals surface area contributed by atoms with Crippen molar-refractivity contribution in [1.82, 2.24) is 0 Å². The van der Waals surface area contributed by atoms with Gasteiger partial charge in [-0.05, 0) is 36.1 Å². The Morgan fingerprint density at radius 2 is 1.93 bits per heavy atom. The van der Waals surface area contributed by atoms with Crippen molar-refractivity contribution in [3.8, 4) is 0 Å². The smallest absolute Gasteiger partial charge is 0.348 e. The molecule has 1 saturated heterocycles. The Morgan fingerprint density at radius 1 is 1.07 bits per heavy atom. The lowest BCUT2D eigenvalue weighted by atomic mass is 10.1. The van der Waals surface area contributed by atoms with Crippen LogP contribution in [-0.4, -0.2) is 30.8 Å². The fourth-order valence-electron chi connectivity index (χ4n) is 3.14. The average molecular weight is 379 g/mol. The summed E-state index contributed by atoms with van der Waals surface area (Å²) in [5.41, 5.74) is 1.13. The number of nitrogens with zero attached hydrogens (tertiary/aromatic N) is 1. The fraction of sp³-hybridized carbons (Fsp3) is 0.190. The van der Waals surface area contributed by atoms with E-state index < -0.39 is 5.97 Å². The zero-order valence-corrected chi connectivity index (χ0v) is 15.3. The van der Waals surface area contributed by atoms with E-state index in [1.807, 2.05) is 30.3 Å². The number of amides is 1. The van der Waals surface area contributed by atoms with Gasteiger partial charge in [-0.15, -0.1) is 11.3 Å². The number of Topliss-reactive ketones (excluding diaryl/α,β-unsaturated/α-hetero) is 1. The van der Waals surface area contributed by atoms with E-state index in [2.05, 4.69) is 0 Å². The molecule has 0 aliphatic carbocycles. The quantitative estimate of drug-likeness (QED) is 0.495. The highest BCUT2D eigenvalue weighted by molar-refractivity contribution is 7.20. The van der Waals surface area contributed by atoms with Crippen molar-refractivity contribution in [2.75, 3.05) is 18.1 Å². The van der Waals surface area contributed by atoms with Gasteiger partial charge in [0.05, 0.1) is 0 Å². The van der Waals surface area contributed by atoms with Crippen molar-refractivity contribution >= 4 is 44.8 Å². The van der Waals surface area contributed by atoms with Gasteiger partial charge >= 0.3 is 5.97 Å². The molecule has 0 bridgehead atoms. The summed E-state index contributed by atoms with van der Waals surface area (Å²) >= 11 is 1.34. The molecule has 2 aromatic carbocycles. The van der Waals surface area contributed by atoms with Gasteiger partial charge in [0, 0.05) is 28.9 Å². The highest BCUT2D eigenvalue weighted by Gasteiger charge is 2.22. The molecule has 2 heterocycles. The monoisotopic (exact) mass is 379 g/mol. The number of ether oxygens (including phenoxy) is 1. The molecule has 1 aliphatic rings. The average Bonchev–Trinajstić information content (AvgIpc) is 3.32. The second-order valence-corrected chi connectivity index (χ2v) is 7.43. The number of benzene rings is 2. The molecule has 0 saturated carbocycles. The molecule has 1 fully saturated rings. The summed E-state index contributed by atoms with van der Waals surface area (Å²) in [5, 5.41) is 0.976. The SMILES string of the molecule is O=C(COC(=O)c1cc2ccccc2s1)c1cccc(N2CCCC2=O)c1. The molecule has 136 valence electrons. The first-order valence-corrected chi connectivity index (χ1v) is 9.53. The number of hydrogen-bond acceptors (Lipinski definition) is 5. The van der Waals surface area contributed by atoms with Crippen molar-refractivity contribution in [3.05, 3.63) is 65.0 Å². The first-order chi connectivity index (χ1) is 13.1. The Hall–Kier alpha value is -2.99. The Morgan fingerprint density at radius 3 is 2.70 bits per heavy atom. The van der Waals surface area contributed by atoms with Crippen LogP contribution in [0.3, 0.4) is 0 Å². The second-order valence-electron chi connectivity index (χ2n) is 6.35. The summed E-state index contributed by atoms with van der Waals surface area (Å²) in [7, 11) is 0. The zero-order valence-electron chi connectivity index (χ0n) is 14.5. The van der Waals surface area contributed by atoms with E-state index in [4.69, 9.17) is 4.74 Å². The van der Waals surface area contributed by atoms with Gasteiger partial charge in [0.2, 0.25) is 5.91 Å². The van der Waals surface area contributed by atoms with Gasteiger partial charge in [-0.2, -0.15) is 0 Å². The van der Waals surface area contributed by atoms with Crippen LogP contribution in [-0.2, 0) is 9.53 Å². The Kier molecular flexibility index (Phi) is 4.73. The number of carbonyl (C=O) groups excluding carboxylic acids is 3. The Labute approximate surface area is 160 Å². The van der Waals surface area contributed by atoms with Crippen LogP contribution in [0.5, 0.6) is 0 Å². The van der Waals surface area contributed by atoms with Crippen molar-refractivity contribution in [1.29, 1.82) is 0 Å². The minimum atomic E-state index is -0.504. The molecular weight excluding hydrogens is 362 g/mol. The molecule has 0 N–H and O–H groups in total. The van der Waals surface area contributed by atoms with E-state index in [0.29, 0.717) is 29.1 Å². The number of fused-ring (bicyclic) bond motifs is 1. The molecule has 4 rings (SSSR count). The standard InChI is InChI=1S/C21H17NO4S/c23-17(14-6-3-7-16(11-14)22-10-4-9-20(22)24)13-26-21(25)19-12-15-5-1-2-8-18(15)27-19/h1-3,5-8,11-12H,4,9-10,13H2. The number of rotatable bonds is 5. The van der Waals surface area contributed by atoms with Gasteiger partial charge in [-0.1, -0.05) is 30.3 Å². The van der Waals surface area contributed by atoms with Crippen molar-refractivity contribution < 1.29 is 19.1 Å². The van der Waals surface area contributed by atoms with Crippen LogP contribution in [0.25, 0.3) is 10.1 Å². The van der Waals surface area contributed by atoms with E-state index in [1.54, 1.807) is 29.2 Å². The van der Waals surface area contributed by atoms with Gasteiger partial charge < -0.3 is 9.64 Å². The van der Waals surface area contributed by atoms with E-state index in [0.717, 1.165) is 16.5 Å². The second kappa shape index (κ2) is 7.32. The van der Waals surface area contributed by atoms with Crippen LogP contribution >= 0.6 is 11.3 Å². The molecule has 1 aromatic heterocycles. The molecule has 1 amide bonds. The van der Waals surface area contributed by atoms with Crippen LogP contribution in [0, 0.1) is 0 Å². The molecule has 0 atom stereocenters. The number of carbonyl (C=O) groups is 3. The lowest BCUT2D eigenvalue weighted by Crippen LogP contribution is -2.24. The van der Waals surface area contributed by atoms with Crippen molar-refractivity contribution in [3.63, 3.8) is 0 Å². The number of ketones is 1. The lowest BCUT2D eigenvalue weighted by Gasteiger charge is -2.16. The lowest BCUT2D eigenvalue weighted by molar-refractivity contribution is -0.117. The topological polar surface area (TPSA) is 63.7 Å². The van der Waals surface area contributed by atoms with E-state index in [-0.39, 0.29) is 18.3 Å². The van der Waals surface area contributed by atoms with Gasteiger partial charge in [0.1, 0.15) is 4.88 Å². The predicted molar refractivity (Wildman–Crippen MR) is 104 cm³/mol. The minimum Gasteiger partial charge on any atom is -0.453 e. The molecule has 3 aromatic rings. The third kappa shape index (κ3) is 3.61. The first kappa shape index (κ1) is 17.4. The van der Waals surface area contributed by atoms with Crippen LogP contribution in [0.4, 0.5) is 5.69 Å². The highest BCUT2D eigenvalue weighted by Crippen LogP contribution is 2.26. The Bertz CT molecular complexity index is 1010. The molecule has 0 unspecified atom stereocenters. The van der Waals surface area contributed by atoms with Gasteiger partial charge in [-0.3, -0.25) is 9.59 Å². The Balaban J connectivity index is 1.43. The fourth-order valence-corrected chi connectivity index (χ4v) is 4.09. The summed E-state index contributed by atoms with van der Waals surface area (Å²) in [6.45, 7) is 0.335. The van der Waals surface area contributed by atoms with E-state index in [9.17, 15) is 14.4 Å². The van der Waals surface area contributed by atoms with Crippen LogP contribution in [0.15, 0.2) is 54.6 Å². The van der Waals surface area contributed by atoms with Crippen molar-refractivity contribution in [2.45, 2.75) is 12.8 Å². The van der Waals surface area contributed by atoms with Crippen LogP contribution in [0.1, 0.15) is 32.9 Å². The third-order valence-electron chi connectivity index (χ3n) is 4.51. The summed E-state index contributed by atoms with van der Waals surface area (Å²) < 4.78 is 6.20. The van der Waals surface area contributed by atoms with Gasteiger partial charge in [-0.25, -0.2) is 4.79 Å².